The standard InChI is InChI=1S/C19H18N2O2/c1-2-4-16(5-3-1)17-6-8-18(9-7-17)19(22-12-13-23-19)14-21-11-10-20-15-21/h1-11,15H,12-14H2. The van der Waals surface area contributed by atoms with Crippen LogP contribution in [0.1, 0.15) is 5.56 Å². The van der Waals surface area contributed by atoms with Crippen molar-refractivity contribution in [1.82, 2.24) is 9.55 Å². The van der Waals surface area contributed by atoms with E-state index >= 15 is 0 Å². The van der Waals surface area contributed by atoms with Crippen LogP contribution in [0.5, 0.6) is 0 Å². The SMILES string of the molecule is c1ccc(-c2ccc(C3(Cn4ccnc4)OCCO3)cc2)cc1. The first-order valence-corrected chi connectivity index (χ1v) is 7.75. The summed E-state index contributed by atoms with van der Waals surface area (Å²) in [6, 6.07) is 18.8. The topological polar surface area (TPSA) is 36.3 Å². The molecule has 1 aliphatic heterocycles. The van der Waals surface area contributed by atoms with Crippen molar-refractivity contribution in [3.05, 3.63) is 78.9 Å². The molecule has 4 nitrogen and oxygen atoms in total. The molecule has 0 bridgehead atoms. The Balaban J connectivity index is 1.65. The fourth-order valence-electron chi connectivity index (χ4n) is 2.97. The summed E-state index contributed by atoms with van der Waals surface area (Å²) in [6.45, 7) is 1.81. The van der Waals surface area contributed by atoms with Gasteiger partial charge in [0, 0.05) is 18.0 Å². The molecule has 0 amide bonds. The van der Waals surface area contributed by atoms with Crippen LogP contribution < -0.4 is 0 Å². The minimum Gasteiger partial charge on any atom is -0.342 e. The Morgan fingerprint density at radius 2 is 1.61 bits per heavy atom. The zero-order valence-corrected chi connectivity index (χ0v) is 12.8. The maximum Gasteiger partial charge on any atom is 0.213 e. The smallest absolute Gasteiger partial charge is 0.213 e. The lowest BCUT2D eigenvalue weighted by Crippen LogP contribution is -2.32. The Morgan fingerprint density at radius 1 is 0.913 bits per heavy atom. The van der Waals surface area contributed by atoms with Crippen LogP contribution in [0.2, 0.25) is 0 Å². The molecule has 0 radical (unpaired) electrons. The third-order valence-electron chi connectivity index (χ3n) is 4.14. The van der Waals surface area contributed by atoms with Crippen LogP contribution in [0, 0.1) is 0 Å². The van der Waals surface area contributed by atoms with Gasteiger partial charge in [0.1, 0.15) is 0 Å². The summed E-state index contributed by atoms with van der Waals surface area (Å²) in [7, 11) is 0. The molecule has 2 heterocycles. The van der Waals surface area contributed by atoms with E-state index in [0.29, 0.717) is 19.8 Å². The van der Waals surface area contributed by atoms with Crippen LogP contribution in [0.4, 0.5) is 0 Å². The first-order chi connectivity index (χ1) is 11.4. The number of hydrogen-bond donors (Lipinski definition) is 0. The monoisotopic (exact) mass is 306 g/mol. The van der Waals surface area contributed by atoms with E-state index in [-0.39, 0.29) is 0 Å². The molecule has 3 aromatic rings. The van der Waals surface area contributed by atoms with Gasteiger partial charge >= 0.3 is 0 Å². The highest BCUT2D eigenvalue weighted by molar-refractivity contribution is 5.63. The minimum atomic E-state index is -0.726. The van der Waals surface area contributed by atoms with Gasteiger partial charge in [-0.15, -0.1) is 0 Å². The number of hydrogen-bond acceptors (Lipinski definition) is 3. The third kappa shape index (κ3) is 2.79. The van der Waals surface area contributed by atoms with E-state index in [1.807, 2.05) is 29.0 Å². The van der Waals surface area contributed by atoms with Crippen molar-refractivity contribution in [2.24, 2.45) is 0 Å². The van der Waals surface area contributed by atoms with Crippen LogP contribution in [-0.4, -0.2) is 22.8 Å². The van der Waals surface area contributed by atoms with Crippen molar-refractivity contribution >= 4 is 0 Å². The highest BCUT2D eigenvalue weighted by Gasteiger charge is 2.39. The second-order valence-corrected chi connectivity index (χ2v) is 5.63. The largest absolute Gasteiger partial charge is 0.342 e. The van der Waals surface area contributed by atoms with E-state index in [1.165, 1.54) is 11.1 Å². The van der Waals surface area contributed by atoms with Crippen LogP contribution in [0.3, 0.4) is 0 Å². The minimum absolute atomic E-state index is 0.595. The van der Waals surface area contributed by atoms with Crippen molar-refractivity contribution in [3.8, 4) is 11.1 Å². The quantitative estimate of drug-likeness (QED) is 0.741. The Hall–Kier alpha value is -2.43. The molecule has 0 aliphatic carbocycles. The fraction of sp³-hybridized carbons (Fsp3) is 0.211. The molecule has 1 aromatic heterocycles. The van der Waals surface area contributed by atoms with Gasteiger partial charge in [0.15, 0.2) is 0 Å². The molecule has 4 heteroatoms. The van der Waals surface area contributed by atoms with Crippen molar-refractivity contribution < 1.29 is 9.47 Å². The predicted molar refractivity (Wildman–Crippen MR) is 87.7 cm³/mol. The molecule has 0 saturated carbocycles. The zero-order chi connectivity index (χ0) is 15.5. The molecule has 0 atom stereocenters. The fourth-order valence-corrected chi connectivity index (χ4v) is 2.97. The Labute approximate surface area is 135 Å². The van der Waals surface area contributed by atoms with Gasteiger partial charge in [-0.25, -0.2) is 4.98 Å². The van der Waals surface area contributed by atoms with E-state index in [2.05, 4.69) is 41.4 Å². The van der Waals surface area contributed by atoms with E-state index in [1.54, 1.807) is 12.5 Å². The van der Waals surface area contributed by atoms with E-state index in [0.717, 1.165) is 5.56 Å². The molecule has 0 unspecified atom stereocenters. The molecule has 1 saturated heterocycles. The summed E-state index contributed by atoms with van der Waals surface area (Å²) in [5.41, 5.74) is 3.42. The third-order valence-corrected chi connectivity index (χ3v) is 4.14. The van der Waals surface area contributed by atoms with Crippen molar-refractivity contribution in [2.75, 3.05) is 13.2 Å². The molecule has 23 heavy (non-hydrogen) atoms. The molecule has 0 spiro atoms. The van der Waals surface area contributed by atoms with Crippen LogP contribution >= 0.6 is 0 Å². The Bertz CT molecular complexity index is 746. The molecule has 1 aliphatic rings. The molecule has 4 rings (SSSR count). The summed E-state index contributed by atoms with van der Waals surface area (Å²) in [5.74, 6) is -0.726. The summed E-state index contributed by atoms with van der Waals surface area (Å²) >= 11 is 0. The Kier molecular flexibility index (Phi) is 3.69. The average Bonchev–Trinajstić information content (AvgIpc) is 3.29. The first-order valence-electron chi connectivity index (χ1n) is 7.75. The molecular formula is C19H18N2O2. The molecular weight excluding hydrogens is 288 g/mol. The predicted octanol–water partition coefficient (Wildman–Crippen LogP) is 3.45. The molecule has 116 valence electrons. The maximum absolute atomic E-state index is 5.97. The van der Waals surface area contributed by atoms with Gasteiger partial charge in [-0.2, -0.15) is 0 Å². The lowest BCUT2D eigenvalue weighted by molar-refractivity contribution is -0.176. The normalized spacial score (nSPS) is 16.5. The lowest BCUT2D eigenvalue weighted by Gasteiger charge is -2.28. The van der Waals surface area contributed by atoms with Crippen molar-refractivity contribution in [1.29, 1.82) is 0 Å². The molecule has 0 N–H and O–H groups in total. The second-order valence-electron chi connectivity index (χ2n) is 5.63. The van der Waals surface area contributed by atoms with Crippen molar-refractivity contribution in [3.63, 3.8) is 0 Å². The summed E-state index contributed by atoms with van der Waals surface area (Å²) < 4.78 is 13.9. The summed E-state index contributed by atoms with van der Waals surface area (Å²) in [6.07, 6.45) is 5.47. The van der Waals surface area contributed by atoms with Gasteiger partial charge in [-0.1, -0.05) is 54.6 Å². The van der Waals surface area contributed by atoms with Crippen molar-refractivity contribution in [2.45, 2.75) is 12.3 Å². The van der Waals surface area contributed by atoms with E-state index in [4.69, 9.17) is 9.47 Å². The number of imidazole rings is 1. The van der Waals surface area contributed by atoms with Crippen LogP contribution in [0.15, 0.2) is 73.3 Å². The summed E-state index contributed by atoms with van der Waals surface area (Å²) in [4.78, 5) is 4.09. The average molecular weight is 306 g/mol. The zero-order valence-electron chi connectivity index (χ0n) is 12.8. The van der Waals surface area contributed by atoms with Crippen LogP contribution in [-0.2, 0) is 21.8 Å². The number of rotatable bonds is 4. The first kappa shape index (κ1) is 14.2. The van der Waals surface area contributed by atoms with Gasteiger partial charge in [0.05, 0.1) is 26.1 Å². The van der Waals surface area contributed by atoms with Gasteiger partial charge < -0.3 is 14.0 Å². The lowest BCUT2D eigenvalue weighted by atomic mass is 10.00. The number of nitrogens with zero attached hydrogens (tertiary/aromatic N) is 2. The second kappa shape index (κ2) is 5.99. The molecule has 1 fully saturated rings. The van der Waals surface area contributed by atoms with E-state index in [9.17, 15) is 0 Å². The van der Waals surface area contributed by atoms with Crippen LogP contribution in [0.25, 0.3) is 11.1 Å². The van der Waals surface area contributed by atoms with Gasteiger partial charge in [0.25, 0.3) is 0 Å². The van der Waals surface area contributed by atoms with Gasteiger partial charge in [0.2, 0.25) is 5.79 Å². The Morgan fingerprint density at radius 3 is 2.26 bits per heavy atom. The number of aromatic nitrogens is 2. The highest BCUT2D eigenvalue weighted by atomic mass is 16.7. The number of benzene rings is 2. The van der Waals surface area contributed by atoms with Gasteiger partial charge in [-0.05, 0) is 11.1 Å². The maximum atomic E-state index is 5.97. The number of ether oxygens (including phenoxy) is 2. The molecule has 2 aromatic carbocycles. The summed E-state index contributed by atoms with van der Waals surface area (Å²) in [5, 5.41) is 0. The highest BCUT2D eigenvalue weighted by Crippen LogP contribution is 2.34. The van der Waals surface area contributed by atoms with E-state index < -0.39 is 5.79 Å². The van der Waals surface area contributed by atoms with Gasteiger partial charge in [-0.3, -0.25) is 0 Å².